The van der Waals surface area contributed by atoms with Crippen LogP contribution >= 0.6 is 0 Å². The van der Waals surface area contributed by atoms with Crippen LogP contribution in [0.4, 0.5) is 5.82 Å². The fraction of sp³-hybridized carbons (Fsp3) is 0.375. The number of hydrogen-bond acceptors (Lipinski definition) is 6. The number of nitrogens with one attached hydrogen (secondary N) is 2. The second kappa shape index (κ2) is 9.75. The maximum absolute atomic E-state index is 11.8. The molecule has 4 rings (SSSR count). The first-order chi connectivity index (χ1) is 15.1. The minimum absolute atomic E-state index is 0.135. The highest BCUT2D eigenvalue weighted by atomic mass is 16.5. The smallest absolute Gasteiger partial charge is 0.251 e. The number of pyridine rings is 1. The lowest BCUT2D eigenvalue weighted by molar-refractivity contribution is 0.209. The Hall–Kier alpha value is -3.19. The number of aryl methyl sites for hydroxylation is 1. The number of anilines is 1. The van der Waals surface area contributed by atoms with Crippen molar-refractivity contribution in [3.63, 3.8) is 0 Å². The van der Waals surface area contributed by atoms with Crippen LogP contribution in [0.1, 0.15) is 31.0 Å². The van der Waals surface area contributed by atoms with E-state index in [1.807, 2.05) is 31.2 Å². The first kappa shape index (κ1) is 21.1. The molecular formula is C24H29N5O2. The van der Waals surface area contributed by atoms with Crippen molar-refractivity contribution in [3.05, 3.63) is 70.3 Å². The summed E-state index contributed by atoms with van der Waals surface area (Å²) in [7, 11) is 1.72. The van der Waals surface area contributed by atoms with E-state index in [1.54, 1.807) is 13.3 Å². The molecule has 3 heterocycles. The summed E-state index contributed by atoms with van der Waals surface area (Å²) in [5, 5.41) is 3.55. The van der Waals surface area contributed by atoms with Crippen molar-refractivity contribution in [1.29, 1.82) is 0 Å². The molecule has 1 aliphatic heterocycles. The molecule has 0 aliphatic carbocycles. The van der Waals surface area contributed by atoms with E-state index in [1.165, 1.54) is 11.6 Å². The van der Waals surface area contributed by atoms with E-state index in [0.29, 0.717) is 11.9 Å². The molecule has 3 aromatic rings. The van der Waals surface area contributed by atoms with Crippen LogP contribution in [-0.2, 0) is 13.0 Å². The summed E-state index contributed by atoms with van der Waals surface area (Å²) in [5.74, 6) is 2.36. The highest BCUT2D eigenvalue weighted by molar-refractivity contribution is 5.56. The number of aromatic nitrogens is 3. The van der Waals surface area contributed by atoms with Crippen molar-refractivity contribution in [3.8, 4) is 17.1 Å². The van der Waals surface area contributed by atoms with Gasteiger partial charge in [0.25, 0.3) is 5.56 Å². The van der Waals surface area contributed by atoms with Crippen LogP contribution in [0, 0.1) is 0 Å². The summed E-state index contributed by atoms with van der Waals surface area (Å²) >= 11 is 0. The van der Waals surface area contributed by atoms with E-state index < -0.39 is 0 Å². The monoisotopic (exact) mass is 419 g/mol. The summed E-state index contributed by atoms with van der Waals surface area (Å²) in [6.07, 6.45) is 4.61. The zero-order valence-electron chi connectivity index (χ0n) is 18.1. The van der Waals surface area contributed by atoms with E-state index in [-0.39, 0.29) is 5.56 Å². The summed E-state index contributed by atoms with van der Waals surface area (Å²) in [6.45, 7) is 4.95. The third-order valence-corrected chi connectivity index (χ3v) is 5.72. The van der Waals surface area contributed by atoms with Crippen LogP contribution in [-0.4, -0.2) is 46.1 Å². The Kier molecular flexibility index (Phi) is 6.62. The number of para-hydroxylation sites is 1. The summed E-state index contributed by atoms with van der Waals surface area (Å²) < 4.78 is 5.48. The van der Waals surface area contributed by atoms with Crippen LogP contribution in [0.5, 0.6) is 5.75 Å². The Balaban J connectivity index is 1.33. The standard InChI is InChI=1S/C24H29N5O2/c1-3-19-14-23(30)28-24(27-19)17-8-9-22(25-15-17)26-20-10-12-29(13-11-20)16-18-6-4-5-7-21(18)31-2/h4-9,14-15,20H,3,10-13,16H2,1-2H3,(H,25,26)(H,27,28,30). The minimum atomic E-state index is -0.135. The maximum atomic E-state index is 11.8. The van der Waals surface area contributed by atoms with Gasteiger partial charge in [-0.25, -0.2) is 9.97 Å². The van der Waals surface area contributed by atoms with Gasteiger partial charge in [0.05, 0.1) is 7.11 Å². The van der Waals surface area contributed by atoms with Crippen LogP contribution in [0.25, 0.3) is 11.4 Å². The second-order valence-electron chi connectivity index (χ2n) is 7.88. The van der Waals surface area contributed by atoms with Crippen LogP contribution < -0.4 is 15.6 Å². The van der Waals surface area contributed by atoms with Crippen LogP contribution in [0.3, 0.4) is 0 Å². The van der Waals surface area contributed by atoms with Gasteiger partial charge in [0.15, 0.2) is 0 Å². The molecule has 1 fully saturated rings. The Labute approximate surface area is 182 Å². The molecule has 0 radical (unpaired) electrons. The lowest BCUT2D eigenvalue weighted by Crippen LogP contribution is -2.38. The topological polar surface area (TPSA) is 83.1 Å². The van der Waals surface area contributed by atoms with Gasteiger partial charge in [0.2, 0.25) is 0 Å². The summed E-state index contributed by atoms with van der Waals surface area (Å²) in [4.78, 5) is 26.1. The molecule has 162 valence electrons. The molecule has 7 nitrogen and oxygen atoms in total. The fourth-order valence-corrected chi connectivity index (χ4v) is 3.96. The summed E-state index contributed by atoms with van der Waals surface area (Å²) in [5.41, 5.74) is 2.68. The lowest BCUT2D eigenvalue weighted by Gasteiger charge is -2.32. The highest BCUT2D eigenvalue weighted by Crippen LogP contribution is 2.23. The molecule has 7 heteroatoms. The number of methoxy groups -OCH3 is 1. The molecule has 0 bridgehead atoms. The predicted octanol–water partition coefficient (Wildman–Crippen LogP) is 3.48. The maximum Gasteiger partial charge on any atom is 0.251 e. The zero-order valence-corrected chi connectivity index (χ0v) is 18.1. The van der Waals surface area contributed by atoms with Crippen molar-refractivity contribution in [2.75, 3.05) is 25.5 Å². The molecule has 0 unspecified atom stereocenters. The number of rotatable bonds is 7. The largest absolute Gasteiger partial charge is 0.496 e. The van der Waals surface area contributed by atoms with Crippen molar-refractivity contribution in [1.82, 2.24) is 19.9 Å². The predicted molar refractivity (Wildman–Crippen MR) is 122 cm³/mol. The Morgan fingerprint density at radius 2 is 2.00 bits per heavy atom. The van der Waals surface area contributed by atoms with E-state index >= 15 is 0 Å². The molecular weight excluding hydrogens is 390 g/mol. The Bertz CT molecular complexity index is 1060. The number of nitrogens with zero attached hydrogens (tertiary/aromatic N) is 3. The van der Waals surface area contributed by atoms with Crippen molar-refractivity contribution >= 4 is 5.82 Å². The summed E-state index contributed by atoms with van der Waals surface area (Å²) in [6, 6.07) is 14.0. The first-order valence-electron chi connectivity index (χ1n) is 10.8. The number of likely N-dealkylation sites (tertiary alicyclic amines) is 1. The first-order valence-corrected chi connectivity index (χ1v) is 10.8. The Morgan fingerprint density at radius 1 is 1.19 bits per heavy atom. The quantitative estimate of drug-likeness (QED) is 0.610. The van der Waals surface area contributed by atoms with E-state index in [2.05, 4.69) is 37.3 Å². The van der Waals surface area contributed by atoms with Gasteiger partial charge in [-0.15, -0.1) is 0 Å². The molecule has 31 heavy (non-hydrogen) atoms. The SMILES string of the molecule is CCc1cc(=O)[nH]c(-c2ccc(NC3CCN(Cc4ccccc4OC)CC3)nc2)n1. The van der Waals surface area contributed by atoms with Gasteiger partial charge in [-0.1, -0.05) is 25.1 Å². The third-order valence-electron chi connectivity index (χ3n) is 5.72. The van der Waals surface area contributed by atoms with Gasteiger partial charge >= 0.3 is 0 Å². The number of hydrogen-bond donors (Lipinski definition) is 2. The third kappa shape index (κ3) is 5.30. The number of ether oxygens (including phenoxy) is 1. The molecule has 2 N–H and O–H groups in total. The average molecular weight is 420 g/mol. The van der Waals surface area contributed by atoms with Crippen molar-refractivity contribution in [2.24, 2.45) is 0 Å². The van der Waals surface area contributed by atoms with Gasteiger partial charge in [-0.3, -0.25) is 9.69 Å². The van der Waals surface area contributed by atoms with Crippen molar-refractivity contribution < 1.29 is 4.74 Å². The van der Waals surface area contributed by atoms with Gasteiger partial charge in [0, 0.05) is 54.8 Å². The number of benzene rings is 1. The molecule has 0 saturated carbocycles. The van der Waals surface area contributed by atoms with Gasteiger partial charge in [-0.2, -0.15) is 0 Å². The molecule has 1 saturated heterocycles. The molecule has 0 spiro atoms. The minimum Gasteiger partial charge on any atom is -0.496 e. The van der Waals surface area contributed by atoms with Crippen molar-refractivity contribution in [2.45, 2.75) is 38.8 Å². The number of aromatic amines is 1. The normalized spacial score (nSPS) is 15.0. The van der Waals surface area contributed by atoms with Gasteiger partial charge in [-0.05, 0) is 37.5 Å². The second-order valence-corrected chi connectivity index (χ2v) is 7.88. The molecule has 0 amide bonds. The van der Waals surface area contributed by atoms with Gasteiger partial charge < -0.3 is 15.0 Å². The zero-order chi connectivity index (χ0) is 21.6. The van der Waals surface area contributed by atoms with Gasteiger partial charge in [0.1, 0.15) is 17.4 Å². The lowest BCUT2D eigenvalue weighted by atomic mass is 10.0. The molecule has 1 aliphatic rings. The molecule has 2 aromatic heterocycles. The number of piperidine rings is 1. The van der Waals surface area contributed by atoms with E-state index in [0.717, 1.165) is 61.7 Å². The Morgan fingerprint density at radius 3 is 2.71 bits per heavy atom. The average Bonchev–Trinajstić information content (AvgIpc) is 2.81. The highest BCUT2D eigenvalue weighted by Gasteiger charge is 2.20. The van der Waals surface area contributed by atoms with Crippen LogP contribution in [0.15, 0.2) is 53.5 Å². The molecule has 0 atom stereocenters. The van der Waals surface area contributed by atoms with E-state index in [9.17, 15) is 4.79 Å². The van der Waals surface area contributed by atoms with E-state index in [4.69, 9.17) is 4.74 Å². The number of H-pyrrole nitrogens is 1. The molecule has 1 aromatic carbocycles. The van der Waals surface area contributed by atoms with Crippen LogP contribution in [0.2, 0.25) is 0 Å². The fourth-order valence-electron chi connectivity index (χ4n) is 3.96.